The molecule has 1 aliphatic rings. The summed E-state index contributed by atoms with van der Waals surface area (Å²) >= 11 is 0. The fourth-order valence-electron chi connectivity index (χ4n) is 2.71. The maximum Gasteiger partial charge on any atom is 0.334 e. The first kappa shape index (κ1) is 15.4. The number of para-hydroxylation sites is 1. The number of amides is 1. The maximum atomic E-state index is 12.7. The fraction of sp³-hybridized carbons (Fsp3) is 0.375. The number of aliphatic carboxylic acids is 1. The molecule has 0 aliphatic carbocycles. The van der Waals surface area contributed by atoms with Gasteiger partial charge in [0, 0.05) is 17.5 Å². The summed E-state index contributed by atoms with van der Waals surface area (Å²) in [5, 5.41) is 9.84. The first-order valence-electron chi connectivity index (χ1n) is 7.22. The Morgan fingerprint density at radius 2 is 2.17 bits per heavy atom. The van der Waals surface area contributed by atoms with Crippen molar-refractivity contribution in [3.8, 4) is 5.75 Å². The summed E-state index contributed by atoms with van der Waals surface area (Å²) in [5.74, 6) is -0.661. The second kappa shape index (κ2) is 5.92. The van der Waals surface area contributed by atoms with Gasteiger partial charge in [0.1, 0.15) is 0 Å². The molecular weight excluding hydrogens is 302 g/mol. The van der Waals surface area contributed by atoms with E-state index in [-0.39, 0.29) is 24.8 Å². The number of benzene rings is 1. The molecule has 7 heteroatoms. The van der Waals surface area contributed by atoms with Crippen LogP contribution in [0.15, 0.2) is 22.6 Å². The van der Waals surface area contributed by atoms with Gasteiger partial charge in [-0.25, -0.2) is 4.79 Å². The molecule has 1 N–H and O–H groups in total. The van der Waals surface area contributed by atoms with E-state index in [1.54, 1.807) is 13.0 Å². The average molecular weight is 319 g/mol. The van der Waals surface area contributed by atoms with Crippen molar-refractivity contribution in [3.63, 3.8) is 0 Å². The Balaban J connectivity index is 1.95. The van der Waals surface area contributed by atoms with Crippen molar-refractivity contribution in [3.05, 3.63) is 29.5 Å². The molecule has 0 saturated carbocycles. The Morgan fingerprint density at radius 3 is 2.87 bits per heavy atom. The molecule has 23 heavy (non-hydrogen) atoms. The number of carboxylic acids is 1. The van der Waals surface area contributed by atoms with Crippen LogP contribution in [0.3, 0.4) is 0 Å². The van der Waals surface area contributed by atoms with Crippen LogP contribution in [0.5, 0.6) is 5.75 Å². The molecule has 1 aromatic heterocycles. The number of ether oxygens (including phenoxy) is 2. The third-order valence-corrected chi connectivity index (χ3v) is 3.97. The number of hydrogen-bond acceptors (Lipinski definition) is 5. The summed E-state index contributed by atoms with van der Waals surface area (Å²) in [5.41, 5.74) is 1.22. The zero-order valence-corrected chi connectivity index (χ0v) is 12.9. The van der Waals surface area contributed by atoms with E-state index in [0.29, 0.717) is 23.4 Å². The van der Waals surface area contributed by atoms with E-state index in [9.17, 15) is 9.59 Å². The molecule has 7 nitrogen and oxygen atoms in total. The van der Waals surface area contributed by atoms with Crippen LogP contribution in [-0.4, -0.2) is 54.8 Å². The number of fused-ring (bicyclic) bond motifs is 1. The summed E-state index contributed by atoms with van der Waals surface area (Å²) < 4.78 is 16.1. The minimum Gasteiger partial charge on any atom is -0.493 e. The fourth-order valence-corrected chi connectivity index (χ4v) is 2.71. The van der Waals surface area contributed by atoms with Gasteiger partial charge in [0.25, 0.3) is 5.91 Å². The minimum atomic E-state index is -1.08. The van der Waals surface area contributed by atoms with Gasteiger partial charge >= 0.3 is 5.97 Å². The van der Waals surface area contributed by atoms with E-state index >= 15 is 0 Å². The highest BCUT2D eigenvalue weighted by Crippen LogP contribution is 2.33. The first-order chi connectivity index (χ1) is 11.0. The number of methoxy groups -OCH3 is 1. The standard InChI is InChI=1S/C16H17NO6/c1-9-10-4-3-5-11(21-2)14(10)23-13(9)15(18)17-6-7-22-12(8-17)16(19)20/h3-5,12H,6-8H2,1-2H3,(H,19,20)/t12-/m0/s1. The van der Waals surface area contributed by atoms with Gasteiger partial charge in [0.15, 0.2) is 23.2 Å². The van der Waals surface area contributed by atoms with Crippen LogP contribution in [0.4, 0.5) is 0 Å². The van der Waals surface area contributed by atoms with Crippen LogP contribution in [0, 0.1) is 6.92 Å². The van der Waals surface area contributed by atoms with Gasteiger partial charge in [-0.1, -0.05) is 12.1 Å². The summed E-state index contributed by atoms with van der Waals surface area (Å²) in [6.45, 7) is 2.32. The molecule has 1 amide bonds. The molecule has 0 unspecified atom stereocenters. The number of furan rings is 1. The van der Waals surface area contributed by atoms with Gasteiger partial charge in [0.2, 0.25) is 0 Å². The quantitative estimate of drug-likeness (QED) is 0.926. The molecule has 122 valence electrons. The van der Waals surface area contributed by atoms with Crippen molar-refractivity contribution < 1.29 is 28.6 Å². The molecule has 1 aromatic carbocycles. The molecule has 2 heterocycles. The number of aryl methyl sites for hydroxylation is 1. The Morgan fingerprint density at radius 1 is 1.39 bits per heavy atom. The summed E-state index contributed by atoms with van der Waals surface area (Å²) in [6, 6.07) is 5.44. The van der Waals surface area contributed by atoms with E-state index in [1.807, 2.05) is 12.1 Å². The van der Waals surface area contributed by atoms with Crippen molar-refractivity contribution in [1.29, 1.82) is 0 Å². The number of rotatable bonds is 3. The van der Waals surface area contributed by atoms with Crippen LogP contribution < -0.4 is 4.74 Å². The normalized spacial score (nSPS) is 18.2. The molecule has 1 atom stereocenters. The molecule has 1 aliphatic heterocycles. The molecule has 0 bridgehead atoms. The molecule has 1 saturated heterocycles. The highest BCUT2D eigenvalue weighted by atomic mass is 16.5. The lowest BCUT2D eigenvalue weighted by atomic mass is 10.1. The Kier molecular flexibility index (Phi) is 3.96. The van der Waals surface area contributed by atoms with E-state index in [4.69, 9.17) is 19.0 Å². The number of morpholine rings is 1. The van der Waals surface area contributed by atoms with Crippen LogP contribution in [0.2, 0.25) is 0 Å². The Hall–Kier alpha value is -2.54. The minimum absolute atomic E-state index is 0.00177. The summed E-state index contributed by atoms with van der Waals surface area (Å²) in [7, 11) is 1.54. The number of carbonyl (C=O) groups is 2. The lowest BCUT2D eigenvalue weighted by molar-refractivity contribution is -0.154. The molecular formula is C16H17NO6. The van der Waals surface area contributed by atoms with Crippen molar-refractivity contribution in [2.75, 3.05) is 26.8 Å². The second-order valence-corrected chi connectivity index (χ2v) is 5.34. The zero-order chi connectivity index (χ0) is 16.6. The number of carboxylic acid groups (broad SMARTS) is 1. The summed E-state index contributed by atoms with van der Waals surface area (Å²) in [6.07, 6.45) is -1.01. The molecule has 0 radical (unpaired) electrons. The van der Waals surface area contributed by atoms with Crippen molar-refractivity contribution in [1.82, 2.24) is 4.90 Å². The smallest absolute Gasteiger partial charge is 0.334 e. The van der Waals surface area contributed by atoms with E-state index in [1.165, 1.54) is 12.0 Å². The number of hydrogen-bond donors (Lipinski definition) is 1. The third kappa shape index (κ3) is 2.63. The lowest BCUT2D eigenvalue weighted by Gasteiger charge is -2.30. The van der Waals surface area contributed by atoms with E-state index < -0.39 is 12.1 Å². The highest BCUT2D eigenvalue weighted by Gasteiger charge is 2.32. The van der Waals surface area contributed by atoms with Gasteiger partial charge in [-0.15, -0.1) is 0 Å². The predicted octanol–water partition coefficient (Wildman–Crippen LogP) is 1.68. The molecule has 2 aromatic rings. The number of nitrogens with zero attached hydrogens (tertiary/aromatic N) is 1. The summed E-state index contributed by atoms with van der Waals surface area (Å²) in [4.78, 5) is 25.2. The van der Waals surface area contributed by atoms with Crippen molar-refractivity contribution >= 4 is 22.8 Å². The SMILES string of the molecule is COc1cccc2c(C)c(C(=O)N3CCO[C@H](C(=O)O)C3)oc12. The van der Waals surface area contributed by atoms with Gasteiger partial charge in [-0.05, 0) is 13.0 Å². The van der Waals surface area contributed by atoms with Crippen molar-refractivity contribution in [2.45, 2.75) is 13.0 Å². The van der Waals surface area contributed by atoms with Crippen LogP contribution in [0.1, 0.15) is 16.1 Å². The zero-order valence-electron chi connectivity index (χ0n) is 12.9. The largest absolute Gasteiger partial charge is 0.493 e. The Bertz CT molecular complexity index is 765. The van der Waals surface area contributed by atoms with Crippen molar-refractivity contribution in [2.24, 2.45) is 0 Å². The van der Waals surface area contributed by atoms with E-state index in [0.717, 1.165) is 5.39 Å². The molecule has 0 spiro atoms. The lowest BCUT2D eigenvalue weighted by Crippen LogP contribution is -2.48. The number of carbonyl (C=O) groups excluding carboxylic acids is 1. The third-order valence-electron chi connectivity index (χ3n) is 3.97. The van der Waals surface area contributed by atoms with E-state index in [2.05, 4.69) is 0 Å². The van der Waals surface area contributed by atoms with Gasteiger partial charge in [-0.2, -0.15) is 0 Å². The predicted molar refractivity (Wildman–Crippen MR) is 80.8 cm³/mol. The van der Waals surface area contributed by atoms with Crippen LogP contribution in [0.25, 0.3) is 11.0 Å². The maximum absolute atomic E-state index is 12.7. The van der Waals surface area contributed by atoms with Gasteiger partial charge in [-0.3, -0.25) is 4.79 Å². The highest BCUT2D eigenvalue weighted by molar-refractivity contribution is 6.00. The topological polar surface area (TPSA) is 89.2 Å². The second-order valence-electron chi connectivity index (χ2n) is 5.34. The first-order valence-corrected chi connectivity index (χ1v) is 7.22. The van der Waals surface area contributed by atoms with Crippen LogP contribution >= 0.6 is 0 Å². The monoisotopic (exact) mass is 319 g/mol. The van der Waals surface area contributed by atoms with Gasteiger partial charge in [0.05, 0.1) is 20.3 Å². The van der Waals surface area contributed by atoms with Gasteiger partial charge < -0.3 is 23.9 Å². The van der Waals surface area contributed by atoms with Crippen LogP contribution in [-0.2, 0) is 9.53 Å². The average Bonchev–Trinajstić information content (AvgIpc) is 2.91. The Labute approximate surface area is 132 Å². The molecule has 1 fully saturated rings. The molecule has 3 rings (SSSR count).